The van der Waals surface area contributed by atoms with Gasteiger partial charge in [0.2, 0.25) is 5.91 Å². The molecule has 0 bridgehead atoms. The lowest BCUT2D eigenvalue weighted by Gasteiger charge is -2.12. The summed E-state index contributed by atoms with van der Waals surface area (Å²) in [6, 6.07) is 6.19. The molecule has 1 unspecified atom stereocenters. The highest BCUT2D eigenvalue weighted by atomic mass is 16.5. The zero-order chi connectivity index (χ0) is 15.4. The number of likely N-dealkylation sites (tertiary alicyclic amines) is 1. The molecule has 1 aliphatic heterocycles. The molecule has 0 aliphatic carbocycles. The Morgan fingerprint density at radius 1 is 1.38 bits per heavy atom. The van der Waals surface area contributed by atoms with E-state index in [0.29, 0.717) is 24.3 Å². The van der Waals surface area contributed by atoms with Crippen LogP contribution in [0.25, 0.3) is 0 Å². The number of benzene rings is 1. The van der Waals surface area contributed by atoms with Crippen LogP contribution in [0.5, 0.6) is 5.75 Å². The van der Waals surface area contributed by atoms with Crippen LogP contribution in [-0.2, 0) is 9.59 Å². The number of carbonyl (C=O) groups excluding carboxylic acids is 3. The van der Waals surface area contributed by atoms with Crippen LogP contribution in [0.2, 0.25) is 0 Å². The van der Waals surface area contributed by atoms with Gasteiger partial charge in [-0.2, -0.15) is 0 Å². The molecule has 7 heteroatoms. The summed E-state index contributed by atoms with van der Waals surface area (Å²) in [6.45, 7) is 0.312. The minimum atomic E-state index is -0.563. The zero-order valence-electron chi connectivity index (χ0n) is 11.7. The first kappa shape index (κ1) is 14.8. The number of primary amides is 1. The van der Waals surface area contributed by atoms with E-state index < -0.39 is 5.91 Å². The van der Waals surface area contributed by atoms with Gasteiger partial charge in [0.15, 0.2) is 6.61 Å². The maximum absolute atomic E-state index is 12.0. The van der Waals surface area contributed by atoms with Crippen LogP contribution in [0.3, 0.4) is 0 Å². The maximum Gasteiger partial charge on any atom is 0.255 e. The van der Waals surface area contributed by atoms with Gasteiger partial charge in [-0.25, -0.2) is 0 Å². The van der Waals surface area contributed by atoms with Crippen molar-refractivity contribution < 1.29 is 19.1 Å². The molecule has 0 spiro atoms. The first-order chi connectivity index (χ1) is 9.95. The molecule has 0 aromatic heterocycles. The largest absolute Gasteiger partial charge is 0.484 e. The Morgan fingerprint density at radius 3 is 2.57 bits per heavy atom. The van der Waals surface area contributed by atoms with E-state index in [4.69, 9.17) is 10.5 Å². The van der Waals surface area contributed by atoms with Crippen LogP contribution in [0.15, 0.2) is 24.3 Å². The van der Waals surface area contributed by atoms with E-state index >= 15 is 0 Å². The number of hydrogen-bond donors (Lipinski definition) is 2. The van der Waals surface area contributed by atoms with Crippen molar-refractivity contribution in [2.24, 2.45) is 5.73 Å². The molecule has 112 valence electrons. The summed E-state index contributed by atoms with van der Waals surface area (Å²) >= 11 is 0. The number of carbonyl (C=O) groups is 3. The number of ether oxygens (including phenoxy) is 1. The molecule has 21 heavy (non-hydrogen) atoms. The molecule has 1 aliphatic rings. The number of nitrogens with one attached hydrogen (secondary N) is 1. The van der Waals surface area contributed by atoms with Crippen molar-refractivity contribution in [2.45, 2.75) is 12.5 Å². The number of rotatable bonds is 5. The molecule has 0 radical (unpaired) electrons. The summed E-state index contributed by atoms with van der Waals surface area (Å²) in [6.07, 6.45) is 0.321. The highest BCUT2D eigenvalue weighted by Gasteiger charge is 2.27. The van der Waals surface area contributed by atoms with Crippen LogP contribution in [0, 0.1) is 0 Å². The Kier molecular flexibility index (Phi) is 4.42. The van der Waals surface area contributed by atoms with E-state index in [2.05, 4.69) is 5.32 Å². The smallest absolute Gasteiger partial charge is 0.255 e. The standard InChI is InChI=1S/C14H17N3O4/c1-17-7-10(6-13(17)19)16-14(20)9-2-4-11(5-3-9)21-8-12(15)18/h2-5,10H,6-8H2,1H3,(H2,15,18)(H,16,20). The van der Waals surface area contributed by atoms with Crippen LogP contribution >= 0.6 is 0 Å². The van der Waals surface area contributed by atoms with Gasteiger partial charge in [-0.3, -0.25) is 14.4 Å². The summed E-state index contributed by atoms with van der Waals surface area (Å²) in [4.78, 5) is 35.6. The average Bonchev–Trinajstić information content (AvgIpc) is 2.75. The minimum Gasteiger partial charge on any atom is -0.484 e. The quantitative estimate of drug-likeness (QED) is 0.764. The van der Waals surface area contributed by atoms with Gasteiger partial charge in [0.25, 0.3) is 11.8 Å². The van der Waals surface area contributed by atoms with Crippen molar-refractivity contribution >= 4 is 17.7 Å². The molecule has 1 heterocycles. The molecule has 3 N–H and O–H groups in total. The van der Waals surface area contributed by atoms with Crippen LogP contribution in [-0.4, -0.2) is 48.9 Å². The normalized spacial score (nSPS) is 17.7. The molecule has 1 aromatic carbocycles. The molecule has 1 fully saturated rings. The molecular formula is C14H17N3O4. The average molecular weight is 291 g/mol. The molecule has 1 atom stereocenters. The van der Waals surface area contributed by atoms with Gasteiger partial charge in [-0.05, 0) is 24.3 Å². The number of hydrogen-bond acceptors (Lipinski definition) is 4. The van der Waals surface area contributed by atoms with Crippen LogP contribution in [0.4, 0.5) is 0 Å². The second-order valence-corrected chi connectivity index (χ2v) is 4.93. The van der Waals surface area contributed by atoms with E-state index in [1.54, 1.807) is 36.2 Å². The second kappa shape index (κ2) is 6.25. The fourth-order valence-corrected chi connectivity index (χ4v) is 2.09. The molecule has 1 saturated heterocycles. The first-order valence-corrected chi connectivity index (χ1v) is 6.51. The van der Waals surface area contributed by atoms with Crippen molar-refractivity contribution in [3.05, 3.63) is 29.8 Å². The molecule has 1 aromatic rings. The van der Waals surface area contributed by atoms with E-state index in [1.165, 1.54) is 0 Å². The van der Waals surface area contributed by atoms with Crippen molar-refractivity contribution in [3.8, 4) is 5.75 Å². The lowest BCUT2D eigenvalue weighted by molar-refractivity contribution is -0.126. The van der Waals surface area contributed by atoms with E-state index in [-0.39, 0.29) is 24.5 Å². The first-order valence-electron chi connectivity index (χ1n) is 6.51. The van der Waals surface area contributed by atoms with Gasteiger partial charge >= 0.3 is 0 Å². The Hall–Kier alpha value is -2.57. The molecular weight excluding hydrogens is 274 g/mol. The molecule has 2 rings (SSSR count). The van der Waals surface area contributed by atoms with Gasteiger partial charge in [-0.1, -0.05) is 0 Å². The van der Waals surface area contributed by atoms with Gasteiger partial charge in [0.1, 0.15) is 5.75 Å². The molecule has 7 nitrogen and oxygen atoms in total. The topological polar surface area (TPSA) is 102 Å². The van der Waals surface area contributed by atoms with E-state index in [1.807, 2.05) is 0 Å². The monoisotopic (exact) mass is 291 g/mol. The fourth-order valence-electron chi connectivity index (χ4n) is 2.09. The lowest BCUT2D eigenvalue weighted by Crippen LogP contribution is -2.36. The Bertz CT molecular complexity index is 556. The third-order valence-electron chi connectivity index (χ3n) is 3.17. The lowest BCUT2D eigenvalue weighted by atomic mass is 10.2. The number of amides is 3. The van der Waals surface area contributed by atoms with Crippen molar-refractivity contribution in [3.63, 3.8) is 0 Å². The summed E-state index contributed by atoms with van der Waals surface area (Å²) in [5, 5.41) is 2.81. The van der Waals surface area contributed by atoms with E-state index in [0.717, 1.165) is 0 Å². The van der Waals surface area contributed by atoms with Gasteiger partial charge in [0, 0.05) is 25.6 Å². The predicted octanol–water partition coefficient (Wildman–Crippen LogP) is -0.489. The van der Waals surface area contributed by atoms with E-state index in [9.17, 15) is 14.4 Å². The van der Waals surface area contributed by atoms with Gasteiger partial charge in [-0.15, -0.1) is 0 Å². The number of nitrogens with zero attached hydrogens (tertiary/aromatic N) is 1. The molecule has 0 saturated carbocycles. The summed E-state index contributed by atoms with van der Waals surface area (Å²) < 4.78 is 5.11. The van der Waals surface area contributed by atoms with Crippen molar-refractivity contribution in [1.82, 2.24) is 10.2 Å². The number of nitrogens with two attached hydrogens (primary N) is 1. The highest BCUT2D eigenvalue weighted by molar-refractivity contribution is 5.95. The van der Waals surface area contributed by atoms with Gasteiger partial charge in [0.05, 0.1) is 6.04 Å². The van der Waals surface area contributed by atoms with Gasteiger partial charge < -0.3 is 20.7 Å². The molecule has 3 amide bonds. The second-order valence-electron chi connectivity index (χ2n) is 4.93. The van der Waals surface area contributed by atoms with Crippen LogP contribution in [0.1, 0.15) is 16.8 Å². The highest BCUT2D eigenvalue weighted by Crippen LogP contribution is 2.13. The van der Waals surface area contributed by atoms with Crippen LogP contribution < -0.4 is 15.8 Å². The van der Waals surface area contributed by atoms with Crippen molar-refractivity contribution in [2.75, 3.05) is 20.2 Å². The summed E-state index contributed by atoms with van der Waals surface area (Å²) in [7, 11) is 1.71. The summed E-state index contributed by atoms with van der Waals surface area (Å²) in [5.41, 5.74) is 5.43. The number of likely N-dealkylation sites (N-methyl/N-ethyl adjacent to an activating group) is 1. The Morgan fingerprint density at radius 2 is 2.05 bits per heavy atom. The predicted molar refractivity (Wildman–Crippen MR) is 74.6 cm³/mol. The van der Waals surface area contributed by atoms with Crippen molar-refractivity contribution in [1.29, 1.82) is 0 Å². The Labute approximate surface area is 122 Å². The zero-order valence-corrected chi connectivity index (χ0v) is 11.7. The third-order valence-corrected chi connectivity index (χ3v) is 3.17. The summed E-state index contributed by atoms with van der Waals surface area (Å²) in [5.74, 6) is -0.326. The maximum atomic E-state index is 12.0. The SMILES string of the molecule is CN1CC(NC(=O)c2ccc(OCC(N)=O)cc2)CC1=O. The third kappa shape index (κ3) is 3.95. The fraction of sp³-hybridized carbons (Fsp3) is 0.357. The minimum absolute atomic E-state index is 0.0236. The Balaban J connectivity index is 1.91.